The second-order valence-electron chi connectivity index (χ2n) is 5.01. The van der Waals surface area contributed by atoms with E-state index in [-0.39, 0.29) is 6.42 Å². The molecule has 0 bridgehead atoms. The molecule has 0 spiro atoms. The summed E-state index contributed by atoms with van der Waals surface area (Å²) in [5, 5.41) is 2.05. The van der Waals surface area contributed by atoms with Crippen molar-refractivity contribution in [1.82, 2.24) is 0 Å². The summed E-state index contributed by atoms with van der Waals surface area (Å²) in [5.41, 5.74) is 0.173. The number of hydrogen-bond acceptors (Lipinski definition) is 3. The van der Waals surface area contributed by atoms with Crippen molar-refractivity contribution in [3.8, 4) is 0 Å². The third-order valence-corrected chi connectivity index (χ3v) is 3.16. The predicted molar refractivity (Wildman–Crippen MR) is 80.6 cm³/mol. The highest BCUT2D eigenvalue weighted by atomic mass is 19.2. The lowest BCUT2D eigenvalue weighted by molar-refractivity contribution is -0.152. The summed E-state index contributed by atoms with van der Waals surface area (Å²) in [6.45, 7) is 1.29. The summed E-state index contributed by atoms with van der Waals surface area (Å²) in [4.78, 5) is 23.6. The maximum Gasteiger partial charge on any atom is 0.311 e. The Labute approximate surface area is 136 Å². The van der Waals surface area contributed by atoms with E-state index in [4.69, 9.17) is 4.74 Å². The molecular formula is C17H14F3NO3. The molecule has 1 amide bonds. The van der Waals surface area contributed by atoms with Crippen molar-refractivity contribution in [1.29, 1.82) is 0 Å². The van der Waals surface area contributed by atoms with Crippen molar-refractivity contribution in [3.63, 3.8) is 0 Å². The van der Waals surface area contributed by atoms with Gasteiger partial charge in [-0.1, -0.05) is 30.3 Å². The third kappa shape index (κ3) is 4.34. The van der Waals surface area contributed by atoms with Gasteiger partial charge in [0.05, 0.1) is 12.1 Å². The lowest BCUT2D eigenvalue weighted by atomic mass is 10.1. The van der Waals surface area contributed by atoms with Crippen molar-refractivity contribution in [2.24, 2.45) is 0 Å². The lowest BCUT2D eigenvalue weighted by Crippen LogP contribution is -2.30. The third-order valence-electron chi connectivity index (χ3n) is 3.16. The molecule has 0 saturated carbocycles. The number of nitrogens with one attached hydrogen (secondary N) is 1. The summed E-state index contributed by atoms with van der Waals surface area (Å²) in [7, 11) is 0. The summed E-state index contributed by atoms with van der Waals surface area (Å²) in [6.07, 6.45) is -1.26. The van der Waals surface area contributed by atoms with Gasteiger partial charge in [-0.15, -0.1) is 0 Å². The van der Waals surface area contributed by atoms with Crippen LogP contribution >= 0.6 is 0 Å². The highest BCUT2D eigenvalue weighted by Crippen LogP contribution is 2.20. The zero-order valence-electron chi connectivity index (χ0n) is 12.7. The maximum absolute atomic E-state index is 13.5. The summed E-state index contributed by atoms with van der Waals surface area (Å²) in [6, 6.07) is 10.3. The first-order valence-corrected chi connectivity index (χ1v) is 7.06. The van der Waals surface area contributed by atoms with Crippen molar-refractivity contribution < 1.29 is 27.5 Å². The molecule has 1 atom stereocenters. The van der Waals surface area contributed by atoms with E-state index in [2.05, 4.69) is 0 Å². The van der Waals surface area contributed by atoms with Crippen LogP contribution in [0.4, 0.5) is 18.9 Å². The molecule has 126 valence electrons. The van der Waals surface area contributed by atoms with Crippen molar-refractivity contribution in [2.75, 3.05) is 5.32 Å². The molecular weight excluding hydrogens is 323 g/mol. The highest BCUT2D eigenvalue weighted by molar-refractivity contribution is 5.95. The van der Waals surface area contributed by atoms with Gasteiger partial charge in [0.15, 0.2) is 23.6 Å². The molecule has 7 heteroatoms. The van der Waals surface area contributed by atoms with Crippen LogP contribution in [-0.2, 0) is 20.7 Å². The van der Waals surface area contributed by atoms with Gasteiger partial charge >= 0.3 is 5.97 Å². The zero-order valence-corrected chi connectivity index (χ0v) is 12.7. The van der Waals surface area contributed by atoms with Crippen LogP contribution < -0.4 is 5.32 Å². The Kier molecular flexibility index (Phi) is 5.57. The average molecular weight is 337 g/mol. The number of anilines is 1. The van der Waals surface area contributed by atoms with E-state index in [9.17, 15) is 22.8 Å². The molecule has 0 heterocycles. The van der Waals surface area contributed by atoms with Gasteiger partial charge in [-0.2, -0.15) is 0 Å². The minimum absolute atomic E-state index is 0.0298. The van der Waals surface area contributed by atoms with Gasteiger partial charge < -0.3 is 10.1 Å². The van der Waals surface area contributed by atoms with Gasteiger partial charge in [0, 0.05) is 0 Å². The average Bonchev–Trinajstić information content (AvgIpc) is 2.56. The van der Waals surface area contributed by atoms with Gasteiger partial charge in [-0.25, -0.2) is 13.2 Å². The van der Waals surface area contributed by atoms with E-state index in [1.54, 1.807) is 30.3 Å². The van der Waals surface area contributed by atoms with E-state index >= 15 is 0 Å². The first kappa shape index (κ1) is 17.5. The molecule has 2 rings (SSSR count). The molecule has 2 aromatic rings. The minimum atomic E-state index is -1.69. The molecule has 24 heavy (non-hydrogen) atoms. The number of carbonyl (C=O) groups is 2. The van der Waals surface area contributed by atoms with Crippen LogP contribution in [0.1, 0.15) is 12.5 Å². The standard InChI is InChI=1S/C17H14F3NO3/c1-10(24-14(22)9-11-5-3-2-4-6-11)17(23)21-13-8-7-12(18)15(19)16(13)20/h2-8,10H,9H2,1H3,(H,21,23)/t10-/m1/s1. The Hall–Kier alpha value is -2.83. The Bertz CT molecular complexity index is 750. The first-order valence-electron chi connectivity index (χ1n) is 7.06. The molecule has 1 N–H and O–H groups in total. The van der Waals surface area contributed by atoms with Crippen molar-refractivity contribution in [2.45, 2.75) is 19.4 Å². The van der Waals surface area contributed by atoms with Crippen LogP contribution in [-0.4, -0.2) is 18.0 Å². The van der Waals surface area contributed by atoms with Crippen LogP contribution in [0.2, 0.25) is 0 Å². The van der Waals surface area contributed by atoms with Crippen molar-refractivity contribution in [3.05, 3.63) is 65.5 Å². The summed E-state index contributed by atoms with van der Waals surface area (Å²) >= 11 is 0. The van der Waals surface area contributed by atoms with E-state index in [0.29, 0.717) is 11.6 Å². The van der Waals surface area contributed by atoms with E-state index in [1.807, 2.05) is 5.32 Å². The second kappa shape index (κ2) is 7.63. The maximum atomic E-state index is 13.5. The van der Waals surface area contributed by atoms with Gasteiger partial charge in [-0.05, 0) is 24.6 Å². The molecule has 2 aromatic carbocycles. The molecule has 0 fully saturated rings. The monoisotopic (exact) mass is 337 g/mol. The largest absolute Gasteiger partial charge is 0.452 e. The number of esters is 1. The molecule has 0 saturated heterocycles. The molecule has 0 aliphatic rings. The SMILES string of the molecule is C[C@@H](OC(=O)Cc1ccccc1)C(=O)Nc1ccc(F)c(F)c1F. The van der Waals surface area contributed by atoms with Crippen LogP contribution in [0.5, 0.6) is 0 Å². The molecule has 0 radical (unpaired) electrons. The van der Waals surface area contributed by atoms with Gasteiger partial charge in [-0.3, -0.25) is 9.59 Å². The Morgan fingerprint density at radius 1 is 1.04 bits per heavy atom. The fraction of sp³-hybridized carbons (Fsp3) is 0.176. The second-order valence-corrected chi connectivity index (χ2v) is 5.01. The van der Waals surface area contributed by atoms with Crippen LogP contribution in [0, 0.1) is 17.5 Å². The Morgan fingerprint density at radius 3 is 2.38 bits per heavy atom. The number of halogens is 3. The number of benzene rings is 2. The molecule has 0 aliphatic heterocycles. The number of hydrogen-bond donors (Lipinski definition) is 1. The van der Waals surface area contributed by atoms with Crippen molar-refractivity contribution >= 4 is 17.6 Å². The van der Waals surface area contributed by atoms with E-state index in [0.717, 1.165) is 6.07 Å². The predicted octanol–water partition coefficient (Wildman–Crippen LogP) is 3.22. The topological polar surface area (TPSA) is 55.4 Å². The van der Waals surface area contributed by atoms with Crippen LogP contribution in [0.15, 0.2) is 42.5 Å². The fourth-order valence-corrected chi connectivity index (χ4v) is 1.91. The molecule has 4 nitrogen and oxygen atoms in total. The van der Waals surface area contributed by atoms with Crippen LogP contribution in [0.3, 0.4) is 0 Å². The van der Waals surface area contributed by atoms with Gasteiger partial charge in [0.25, 0.3) is 5.91 Å². The number of ether oxygens (including phenoxy) is 1. The lowest BCUT2D eigenvalue weighted by Gasteiger charge is -2.14. The van der Waals surface area contributed by atoms with Gasteiger partial charge in [0.2, 0.25) is 0 Å². The summed E-state index contributed by atoms with van der Waals surface area (Å²) in [5.74, 6) is -6.09. The molecule has 0 unspecified atom stereocenters. The van der Waals surface area contributed by atoms with E-state index < -0.39 is 41.1 Å². The Balaban J connectivity index is 1.95. The fourth-order valence-electron chi connectivity index (χ4n) is 1.91. The number of rotatable bonds is 5. The highest BCUT2D eigenvalue weighted by Gasteiger charge is 2.21. The zero-order chi connectivity index (χ0) is 17.7. The molecule has 0 aliphatic carbocycles. The van der Waals surface area contributed by atoms with Gasteiger partial charge in [0.1, 0.15) is 0 Å². The van der Waals surface area contributed by atoms with Crippen LogP contribution in [0.25, 0.3) is 0 Å². The Morgan fingerprint density at radius 2 is 1.71 bits per heavy atom. The first-order chi connectivity index (χ1) is 11.4. The number of amides is 1. The normalized spacial score (nSPS) is 11.7. The molecule has 0 aromatic heterocycles. The quantitative estimate of drug-likeness (QED) is 0.673. The minimum Gasteiger partial charge on any atom is -0.452 e. The summed E-state index contributed by atoms with van der Waals surface area (Å²) < 4.78 is 44.4. The number of carbonyl (C=O) groups excluding carboxylic acids is 2. The smallest absolute Gasteiger partial charge is 0.311 e. The van der Waals surface area contributed by atoms with E-state index in [1.165, 1.54) is 6.92 Å².